The van der Waals surface area contributed by atoms with E-state index in [0.717, 1.165) is 0 Å². The Hall–Kier alpha value is -3.52. The number of carbonyl (C=O) groups excluding carboxylic acids is 2. The van der Waals surface area contributed by atoms with Crippen LogP contribution in [0.15, 0.2) is 65.0 Å². The third-order valence-electron chi connectivity index (χ3n) is 6.09. The molecule has 1 atom stereocenters. The van der Waals surface area contributed by atoms with Crippen molar-refractivity contribution in [2.24, 2.45) is 5.41 Å². The van der Waals surface area contributed by atoms with E-state index in [1.165, 1.54) is 42.5 Å². The number of amides is 1. The van der Waals surface area contributed by atoms with E-state index in [2.05, 4.69) is 10.6 Å². The summed E-state index contributed by atoms with van der Waals surface area (Å²) in [5.74, 6) is -2.01. The number of allylic oxidation sites excluding steroid dienone is 3. The molecule has 2 aromatic carbocycles. The number of non-ortho nitro benzene ring substituents is 1. The number of carbonyl (C=O) groups is 2. The lowest BCUT2D eigenvalue weighted by atomic mass is 9.68. The minimum absolute atomic E-state index is 0.147. The van der Waals surface area contributed by atoms with E-state index in [4.69, 9.17) is 11.6 Å². The molecule has 176 valence electrons. The molecule has 2 aliphatic rings. The fraction of sp³-hybridized carbons (Fsp3) is 0.280. The van der Waals surface area contributed by atoms with Crippen molar-refractivity contribution in [3.63, 3.8) is 0 Å². The Morgan fingerprint density at radius 1 is 1.21 bits per heavy atom. The molecule has 0 radical (unpaired) electrons. The van der Waals surface area contributed by atoms with Gasteiger partial charge >= 0.3 is 0 Å². The molecule has 2 aromatic rings. The molecule has 0 saturated carbocycles. The van der Waals surface area contributed by atoms with Gasteiger partial charge in [-0.1, -0.05) is 25.4 Å². The van der Waals surface area contributed by atoms with Crippen LogP contribution in [0.4, 0.5) is 15.8 Å². The van der Waals surface area contributed by atoms with Gasteiger partial charge in [0.2, 0.25) is 0 Å². The number of anilines is 1. The minimum atomic E-state index is -0.896. The second kappa shape index (κ2) is 8.68. The second-order valence-corrected chi connectivity index (χ2v) is 9.76. The van der Waals surface area contributed by atoms with E-state index in [-0.39, 0.29) is 33.9 Å². The van der Waals surface area contributed by atoms with Crippen LogP contribution < -0.4 is 10.6 Å². The summed E-state index contributed by atoms with van der Waals surface area (Å²) < 4.78 is 13.3. The Labute approximate surface area is 200 Å². The fourth-order valence-electron chi connectivity index (χ4n) is 4.65. The molecule has 0 fully saturated rings. The Balaban J connectivity index is 1.87. The number of Topliss-reactive ketones (excluding diaryl/α,β-unsaturated/α-hetero) is 1. The van der Waals surface area contributed by atoms with Gasteiger partial charge in [0.1, 0.15) is 5.82 Å². The van der Waals surface area contributed by atoms with E-state index in [1.807, 2.05) is 13.8 Å². The number of halogens is 2. The number of nitro benzene ring substituents is 1. The summed E-state index contributed by atoms with van der Waals surface area (Å²) in [6.07, 6.45) is 0.837. The molecule has 0 bridgehead atoms. The first-order valence-electron chi connectivity index (χ1n) is 10.7. The van der Waals surface area contributed by atoms with E-state index in [9.17, 15) is 24.1 Å². The molecule has 1 aliphatic carbocycles. The number of rotatable bonds is 4. The molecule has 9 heteroatoms. The first-order chi connectivity index (χ1) is 16.0. The van der Waals surface area contributed by atoms with Crippen molar-refractivity contribution in [1.82, 2.24) is 5.32 Å². The smallest absolute Gasteiger partial charge is 0.269 e. The highest BCUT2D eigenvalue weighted by Gasteiger charge is 2.43. The molecule has 0 saturated heterocycles. The largest absolute Gasteiger partial charge is 0.362 e. The van der Waals surface area contributed by atoms with Crippen molar-refractivity contribution >= 4 is 34.7 Å². The zero-order chi connectivity index (χ0) is 24.8. The van der Waals surface area contributed by atoms with Gasteiger partial charge in [0.05, 0.1) is 4.92 Å². The fourth-order valence-corrected chi connectivity index (χ4v) is 4.87. The van der Waals surface area contributed by atoms with Gasteiger partial charge in [-0.15, -0.1) is 0 Å². The van der Waals surface area contributed by atoms with Gasteiger partial charge in [-0.3, -0.25) is 19.7 Å². The average molecular weight is 484 g/mol. The Morgan fingerprint density at radius 3 is 2.53 bits per heavy atom. The van der Waals surface area contributed by atoms with Gasteiger partial charge in [-0.2, -0.15) is 0 Å². The van der Waals surface area contributed by atoms with Gasteiger partial charge in [0.15, 0.2) is 5.78 Å². The Kier molecular flexibility index (Phi) is 6.03. The molecule has 0 spiro atoms. The maximum Gasteiger partial charge on any atom is 0.269 e. The lowest BCUT2D eigenvalue weighted by Crippen LogP contribution is -2.39. The lowest BCUT2D eigenvalue weighted by Gasteiger charge is -2.39. The van der Waals surface area contributed by atoms with Crippen molar-refractivity contribution < 1.29 is 18.9 Å². The summed E-state index contributed by atoms with van der Waals surface area (Å²) in [5.41, 5.74) is 2.00. The molecule has 34 heavy (non-hydrogen) atoms. The quantitative estimate of drug-likeness (QED) is 0.433. The van der Waals surface area contributed by atoms with Gasteiger partial charge in [0, 0.05) is 57.7 Å². The zero-order valence-corrected chi connectivity index (χ0v) is 19.6. The highest BCUT2D eigenvalue weighted by molar-refractivity contribution is 6.31. The van der Waals surface area contributed by atoms with Crippen LogP contribution in [0.5, 0.6) is 0 Å². The molecule has 0 aromatic heterocycles. The third kappa shape index (κ3) is 4.46. The van der Waals surface area contributed by atoms with Gasteiger partial charge in [-0.05, 0) is 54.7 Å². The van der Waals surface area contributed by atoms with Gasteiger partial charge < -0.3 is 10.6 Å². The zero-order valence-electron chi connectivity index (χ0n) is 18.9. The number of hydrogen-bond donors (Lipinski definition) is 2. The second-order valence-electron chi connectivity index (χ2n) is 9.35. The van der Waals surface area contributed by atoms with Crippen molar-refractivity contribution in [3.05, 3.63) is 91.5 Å². The average Bonchev–Trinajstić information content (AvgIpc) is 2.73. The number of nitro groups is 1. The normalized spacial score (nSPS) is 19.4. The Morgan fingerprint density at radius 2 is 1.88 bits per heavy atom. The number of nitrogens with zero attached hydrogens (tertiary/aromatic N) is 1. The maximum absolute atomic E-state index is 13.5. The standard InChI is InChI=1S/C25H23ClFN3O4/c1-13-21(24(32)29-15-6-4-14(27)5-7-15)22(17-10-16(30(33)34)8-9-18(17)26)23-19(28-13)11-25(2,3)12-20(23)31/h4-10,22,28H,11-12H2,1-3H3,(H,29,32). The number of ketones is 1. The predicted octanol–water partition coefficient (Wildman–Crippen LogP) is 5.63. The van der Waals surface area contributed by atoms with E-state index in [1.54, 1.807) is 6.92 Å². The van der Waals surface area contributed by atoms with Crippen LogP contribution >= 0.6 is 11.6 Å². The predicted molar refractivity (Wildman–Crippen MR) is 127 cm³/mol. The summed E-state index contributed by atoms with van der Waals surface area (Å²) in [4.78, 5) is 37.8. The van der Waals surface area contributed by atoms with Crippen LogP contribution in [0.25, 0.3) is 0 Å². The number of hydrogen-bond acceptors (Lipinski definition) is 5. The van der Waals surface area contributed by atoms with Crippen molar-refractivity contribution in [2.45, 2.75) is 39.5 Å². The molecular formula is C25H23ClFN3O4. The number of nitrogens with one attached hydrogen (secondary N) is 2. The Bertz CT molecular complexity index is 1280. The van der Waals surface area contributed by atoms with E-state index >= 15 is 0 Å². The van der Waals surface area contributed by atoms with E-state index in [0.29, 0.717) is 34.6 Å². The van der Waals surface area contributed by atoms with Crippen molar-refractivity contribution in [1.29, 1.82) is 0 Å². The van der Waals surface area contributed by atoms with Crippen LogP contribution in [0, 0.1) is 21.3 Å². The van der Waals surface area contributed by atoms with E-state index < -0.39 is 22.6 Å². The first kappa shape index (κ1) is 23.6. The monoisotopic (exact) mass is 483 g/mol. The summed E-state index contributed by atoms with van der Waals surface area (Å²) >= 11 is 6.49. The molecule has 1 unspecified atom stereocenters. The van der Waals surface area contributed by atoms with Gasteiger partial charge in [-0.25, -0.2) is 4.39 Å². The first-order valence-corrected chi connectivity index (χ1v) is 11.1. The number of benzene rings is 2. The highest BCUT2D eigenvalue weighted by Crippen LogP contribution is 2.48. The lowest BCUT2D eigenvalue weighted by molar-refractivity contribution is -0.384. The SMILES string of the molecule is CC1=C(C(=O)Nc2ccc(F)cc2)C(c2cc([N+](=O)[O-])ccc2Cl)C2=C(CC(C)(C)CC2=O)N1. The topological polar surface area (TPSA) is 101 Å². The molecule has 2 N–H and O–H groups in total. The summed E-state index contributed by atoms with van der Waals surface area (Å²) in [5, 5.41) is 17.7. The molecular weight excluding hydrogens is 461 g/mol. The highest BCUT2D eigenvalue weighted by atomic mass is 35.5. The summed E-state index contributed by atoms with van der Waals surface area (Å²) in [7, 11) is 0. The molecule has 1 heterocycles. The summed E-state index contributed by atoms with van der Waals surface area (Å²) in [6.45, 7) is 5.69. The summed E-state index contributed by atoms with van der Waals surface area (Å²) in [6, 6.07) is 9.29. The van der Waals surface area contributed by atoms with Crippen LogP contribution in [-0.4, -0.2) is 16.6 Å². The molecule has 1 amide bonds. The van der Waals surface area contributed by atoms with Crippen LogP contribution in [0.2, 0.25) is 5.02 Å². The van der Waals surface area contributed by atoms with Crippen LogP contribution in [0.3, 0.4) is 0 Å². The van der Waals surface area contributed by atoms with Gasteiger partial charge in [0.25, 0.3) is 11.6 Å². The minimum Gasteiger partial charge on any atom is -0.362 e. The van der Waals surface area contributed by atoms with Crippen LogP contribution in [-0.2, 0) is 9.59 Å². The third-order valence-corrected chi connectivity index (χ3v) is 6.43. The van der Waals surface area contributed by atoms with Crippen molar-refractivity contribution in [3.8, 4) is 0 Å². The van der Waals surface area contributed by atoms with Crippen molar-refractivity contribution in [2.75, 3.05) is 5.32 Å². The molecule has 4 rings (SSSR count). The number of dihydropyridines is 1. The molecule has 1 aliphatic heterocycles. The van der Waals surface area contributed by atoms with Crippen LogP contribution in [0.1, 0.15) is 45.1 Å². The molecule has 7 nitrogen and oxygen atoms in total. The maximum atomic E-state index is 13.5.